The molecule has 1 heterocycles. The SMILES string of the molecule is O=C(NCc1ccccc1Cn1cccn1)C1(c2cccc(F)c2)CCCC1. The monoisotopic (exact) mass is 377 g/mol. The third-order valence-corrected chi connectivity index (χ3v) is 5.72. The summed E-state index contributed by atoms with van der Waals surface area (Å²) in [7, 11) is 0. The maximum Gasteiger partial charge on any atom is 0.230 e. The van der Waals surface area contributed by atoms with Crippen molar-refractivity contribution in [3.05, 3.63) is 89.5 Å². The second-order valence-corrected chi connectivity index (χ2v) is 7.45. The lowest BCUT2D eigenvalue weighted by atomic mass is 9.78. The van der Waals surface area contributed by atoms with Crippen molar-refractivity contribution >= 4 is 5.91 Å². The van der Waals surface area contributed by atoms with Gasteiger partial charge in [0.15, 0.2) is 0 Å². The Morgan fingerprint density at radius 3 is 2.57 bits per heavy atom. The van der Waals surface area contributed by atoms with Gasteiger partial charge in [0, 0.05) is 18.9 Å². The van der Waals surface area contributed by atoms with E-state index in [1.807, 2.05) is 41.2 Å². The second kappa shape index (κ2) is 7.97. The molecule has 1 aliphatic carbocycles. The molecular weight excluding hydrogens is 353 g/mol. The maximum absolute atomic E-state index is 13.8. The number of nitrogens with zero attached hydrogens (tertiary/aromatic N) is 2. The van der Waals surface area contributed by atoms with E-state index < -0.39 is 5.41 Å². The van der Waals surface area contributed by atoms with E-state index in [1.54, 1.807) is 12.3 Å². The van der Waals surface area contributed by atoms with Crippen molar-refractivity contribution in [1.82, 2.24) is 15.1 Å². The quantitative estimate of drug-likeness (QED) is 0.700. The summed E-state index contributed by atoms with van der Waals surface area (Å²) in [5.74, 6) is -0.300. The summed E-state index contributed by atoms with van der Waals surface area (Å²) in [6.07, 6.45) is 7.17. The summed E-state index contributed by atoms with van der Waals surface area (Å²) in [5.41, 5.74) is 2.35. The number of benzene rings is 2. The van der Waals surface area contributed by atoms with Crippen LogP contribution in [0.25, 0.3) is 0 Å². The maximum atomic E-state index is 13.8. The van der Waals surface area contributed by atoms with Gasteiger partial charge in [0.25, 0.3) is 0 Å². The number of hydrogen-bond donors (Lipinski definition) is 1. The Bertz CT molecular complexity index is 946. The van der Waals surface area contributed by atoms with Gasteiger partial charge >= 0.3 is 0 Å². The van der Waals surface area contributed by atoms with Gasteiger partial charge in [0.2, 0.25) is 5.91 Å². The predicted octanol–water partition coefficient (Wildman–Crippen LogP) is 4.20. The minimum atomic E-state index is -0.626. The topological polar surface area (TPSA) is 46.9 Å². The molecule has 5 heteroatoms. The van der Waals surface area contributed by atoms with Gasteiger partial charge < -0.3 is 5.32 Å². The van der Waals surface area contributed by atoms with Gasteiger partial charge in [-0.15, -0.1) is 0 Å². The van der Waals surface area contributed by atoms with Crippen LogP contribution in [-0.2, 0) is 23.3 Å². The molecule has 3 aromatic rings. The molecule has 1 fully saturated rings. The fourth-order valence-electron chi connectivity index (χ4n) is 4.21. The summed E-state index contributed by atoms with van der Waals surface area (Å²) >= 11 is 0. The van der Waals surface area contributed by atoms with Crippen LogP contribution in [0.15, 0.2) is 67.0 Å². The highest BCUT2D eigenvalue weighted by molar-refractivity contribution is 5.88. The van der Waals surface area contributed by atoms with E-state index in [0.717, 1.165) is 42.4 Å². The Morgan fingerprint density at radius 2 is 1.86 bits per heavy atom. The van der Waals surface area contributed by atoms with Crippen LogP contribution < -0.4 is 5.32 Å². The number of nitrogens with one attached hydrogen (secondary N) is 1. The van der Waals surface area contributed by atoms with Gasteiger partial charge in [0.1, 0.15) is 5.82 Å². The Kier molecular flexibility index (Phi) is 5.24. The number of rotatable bonds is 6. The van der Waals surface area contributed by atoms with Crippen molar-refractivity contribution < 1.29 is 9.18 Å². The summed E-state index contributed by atoms with van der Waals surface area (Å²) in [6, 6.07) is 16.5. The van der Waals surface area contributed by atoms with Gasteiger partial charge in [-0.3, -0.25) is 9.48 Å². The lowest BCUT2D eigenvalue weighted by Crippen LogP contribution is -2.42. The van der Waals surface area contributed by atoms with Gasteiger partial charge in [-0.05, 0) is 47.7 Å². The number of aromatic nitrogens is 2. The van der Waals surface area contributed by atoms with Gasteiger partial charge in [0.05, 0.1) is 12.0 Å². The smallest absolute Gasteiger partial charge is 0.230 e. The van der Waals surface area contributed by atoms with E-state index in [2.05, 4.69) is 16.5 Å². The fourth-order valence-corrected chi connectivity index (χ4v) is 4.21. The normalized spacial score (nSPS) is 15.5. The lowest BCUT2D eigenvalue weighted by Gasteiger charge is -2.28. The van der Waals surface area contributed by atoms with Crippen LogP contribution in [0.3, 0.4) is 0 Å². The summed E-state index contributed by atoms with van der Waals surface area (Å²) < 4.78 is 15.7. The Hall–Kier alpha value is -2.95. The van der Waals surface area contributed by atoms with Gasteiger partial charge in [-0.1, -0.05) is 49.2 Å². The molecule has 4 rings (SSSR count). The molecule has 0 bridgehead atoms. The summed E-state index contributed by atoms with van der Waals surface area (Å²) in [4.78, 5) is 13.2. The second-order valence-electron chi connectivity index (χ2n) is 7.45. The first-order chi connectivity index (χ1) is 13.7. The highest BCUT2D eigenvalue weighted by atomic mass is 19.1. The Balaban J connectivity index is 1.52. The van der Waals surface area contributed by atoms with Crippen LogP contribution in [0.1, 0.15) is 42.4 Å². The van der Waals surface area contributed by atoms with Crippen molar-refractivity contribution in [2.45, 2.75) is 44.2 Å². The zero-order chi connectivity index (χ0) is 19.4. The molecule has 0 spiro atoms. The van der Waals surface area contributed by atoms with Crippen LogP contribution in [0.4, 0.5) is 4.39 Å². The van der Waals surface area contributed by atoms with E-state index in [4.69, 9.17) is 0 Å². The molecule has 2 aromatic carbocycles. The molecule has 0 aliphatic heterocycles. The largest absolute Gasteiger partial charge is 0.351 e. The van der Waals surface area contributed by atoms with E-state index in [1.165, 1.54) is 12.1 Å². The Morgan fingerprint density at radius 1 is 1.07 bits per heavy atom. The molecule has 1 saturated carbocycles. The highest BCUT2D eigenvalue weighted by Crippen LogP contribution is 2.41. The van der Waals surface area contributed by atoms with Crippen LogP contribution in [0.2, 0.25) is 0 Å². The summed E-state index contributed by atoms with van der Waals surface area (Å²) in [6.45, 7) is 1.11. The first-order valence-electron chi connectivity index (χ1n) is 9.76. The fraction of sp³-hybridized carbons (Fsp3) is 0.304. The third kappa shape index (κ3) is 3.70. The molecule has 1 amide bonds. The molecule has 0 radical (unpaired) electrons. The van der Waals surface area contributed by atoms with E-state index in [9.17, 15) is 9.18 Å². The molecule has 1 aromatic heterocycles. The molecular formula is C23H24FN3O. The zero-order valence-electron chi connectivity index (χ0n) is 15.8. The average molecular weight is 377 g/mol. The first-order valence-corrected chi connectivity index (χ1v) is 9.76. The van der Waals surface area contributed by atoms with E-state index >= 15 is 0 Å². The first kappa shape index (κ1) is 18.4. The van der Waals surface area contributed by atoms with Crippen LogP contribution in [-0.4, -0.2) is 15.7 Å². The van der Waals surface area contributed by atoms with E-state index in [0.29, 0.717) is 13.1 Å². The molecule has 1 aliphatic rings. The number of halogens is 1. The third-order valence-electron chi connectivity index (χ3n) is 5.72. The predicted molar refractivity (Wildman–Crippen MR) is 106 cm³/mol. The van der Waals surface area contributed by atoms with Crippen molar-refractivity contribution in [2.75, 3.05) is 0 Å². The molecule has 0 atom stereocenters. The number of amides is 1. The molecule has 28 heavy (non-hydrogen) atoms. The summed E-state index contributed by atoms with van der Waals surface area (Å²) in [5, 5.41) is 7.39. The van der Waals surface area contributed by atoms with Crippen molar-refractivity contribution in [3.8, 4) is 0 Å². The minimum Gasteiger partial charge on any atom is -0.351 e. The Labute approximate surface area is 164 Å². The standard InChI is InChI=1S/C23H24FN3O/c24-21-10-5-9-20(15-21)23(11-3-4-12-23)22(28)25-16-18-7-1-2-8-19(18)17-27-14-6-13-26-27/h1-2,5-10,13-15H,3-4,11-12,16-17H2,(H,25,28). The van der Waals surface area contributed by atoms with Crippen molar-refractivity contribution in [1.29, 1.82) is 0 Å². The van der Waals surface area contributed by atoms with Gasteiger partial charge in [-0.2, -0.15) is 5.10 Å². The average Bonchev–Trinajstić information content (AvgIpc) is 3.40. The number of carbonyl (C=O) groups is 1. The van der Waals surface area contributed by atoms with Gasteiger partial charge in [-0.25, -0.2) is 4.39 Å². The molecule has 144 valence electrons. The minimum absolute atomic E-state index is 0.00973. The number of hydrogen-bond acceptors (Lipinski definition) is 2. The molecule has 0 saturated heterocycles. The lowest BCUT2D eigenvalue weighted by molar-refractivity contribution is -0.126. The molecule has 4 nitrogen and oxygen atoms in total. The highest BCUT2D eigenvalue weighted by Gasteiger charge is 2.42. The van der Waals surface area contributed by atoms with Crippen LogP contribution >= 0.6 is 0 Å². The number of carbonyl (C=O) groups excluding carboxylic acids is 1. The van der Waals surface area contributed by atoms with Crippen molar-refractivity contribution in [3.63, 3.8) is 0 Å². The van der Waals surface area contributed by atoms with Crippen LogP contribution in [0, 0.1) is 5.82 Å². The van der Waals surface area contributed by atoms with E-state index in [-0.39, 0.29) is 11.7 Å². The van der Waals surface area contributed by atoms with Crippen molar-refractivity contribution in [2.24, 2.45) is 0 Å². The molecule has 0 unspecified atom stereocenters. The zero-order valence-corrected chi connectivity index (χ0v) is 15.8. The van der Waals surface area contributed by atoms with Crippen LogP contribution in [0.5, 0.6) is 0 Å². The molecule has 1 N–H and O–H groups in total.